The van der Waals surface area contributed by atoms with E-state index in [0.29, 0.717) is 30.5 Å². The first-order valence-electron chi connectivity index (χ1n) is 8.75. The SMILES string of the molecule is CCCN1C(=O)NC(CC(=O)N2[C@@H]3CC[C@H]2[C@H]2CNC[C@H]23)C1=O. The Morgan fingerprint density at radius 1 is 1.17 bits per heavy atom. The number of imide groups is 1. The molecule has 0 aromatic carbocycles. The van der Waals surface area contributed by atoms with Gasteiger partial charge in [-0.2, -0.15) is 0 Å². The first kappa shape index (κ1) is 14.9. The van der Waals surface area contributed by atoms with Crippen molar-refractivity contribution in [2.75, 3.05) is 19.6 Å². The van der Waals surface area contributed by atoms with E-state index in [1.807, 2.05) is 11.8 Å². The van der Waals surface area contributed by atoms with Crippen molar-refractivity contribution in [2.45, 2.75) is 50.7 Å². The van der Waals surface area contributed by atoms with Gasteiger partial charge in [-0.05, 0) is 31.1 Å². The highest BCUT2D eigenvalue weighted by Crippen LogP contribution is 2.47. The molecule has 4 aliphatic heterocycles. The Hall–Kier alpha value is -1.63. The molecule has 4 heterocycles. The van der Waals surface area contributed by atoms with E-state index in [9.17, 15) is 14.4 Å². The summed E-state index contributed by atoms with van der Waals surface area (Å²) in [6, 6.07) is -0.391. The van der Waals surface area contributed by atoms with Gasteiger partial charge in [0.15, 0.2) is 0 Å². The smallest absolute Gasteiger partial charge is 0.324 e. The number of hydrogen-bond acceptors (Lipinski definition) is 4. The van der Waals surface area contributed by atoms with Crippen molar-refractivity contribution in [1.29, 1.82) is 0 Å². The summed E-state index contributed by atoms with van der Waals surface area (Å²) in [5.41, 5.74) is 0. The highest BCUT2D eigenvalue weighted by atomic mass is 16.2. The van der Waals surface area contributed by atoms with E-state index in [0.717, 1.165) is 32.4 Å². The maximum Gasteiger partial charge on any atom is 0.324 e. The van der Waals surface area contributed by atoms with Gasteiger partial charge < -0.3 is 15.5 Å². The van der Waals surface area contributed by atoms with Crippen molar-refractivity contribution >= 4 is 17.8 Å². The maximum absolute atomic E-state index is 12.8. The minimum Gasteiger partial charge on any atom is -0.336 e. The van der Waals surface area contributed by atoms with Gasteiger partial charge in [-0.25, -0.2) is 4.79 Å². The molecule has 0 aliphatic carbocycles. The van der Waals surface area contributed by atoms with Gasteiger partial charge in [-0.15, -0.1) is 0 Å². The van der Waals surface area contributed by atoms with Gasteiger partial charge in [-0.1, -0.05) is 6.92 Å². The summed E-state index contributed by atoms with van der Waals surface area (Å²) < 4.78 is 0. The first-order valence-corrected chi connectivity index (χ1v) is 8.75. The summed E-state index contributed by atoms with van der Waals surface area (Å²) >= 11 is 0. The van der Waals surface area contributed by atoms with Crippen LogP contribution in [-0.4, -0.2) is 65.4 Å². The van der Waals surface area contributed by atoms with Gasteiger partial charge in [0, 0.05) is 31.7 Å². The van der Waals surface area contributed by atoms with E-state index in [4.69, 9.17) is 0 Å². The normalized spacial score (nSPS) is 38.4. The number of amides is 4. The van der Waals surface area contributed by atoms with E-state index in [2.05, 4.69) is 10.6 Å². The lowest BCUT2D eigenvalue weighted by molar-refractivity contribution is -0.137. The Morgan fingerprint density at radius 3 is 2.43 bits per heavy atom. The second-order valence-corrected chi connectivity index (χ2v) is 7.20. The Balaban J connectivity index is 1.43. The van der Waals surface area contributed by atoms with Crippen molar-refractivity contribution in [3.05, 3.63) is 0 Å². The summed E-state index contributed by atoms with van der Waals surface area (Å²) in [4.78, 5) is 40.2. The molecule has 4 amide bonds. The van der Waals surface area contributed by atoms with Crippen molar-refractivity contribution < 1.29 is 14.4 Å². The van der Waals surface area contributed by atoms with Gasteiger partial charge >= 0.3 is 6.03 Å². The summed E-state index contributed by atoms with van der Waals surface area (Å²) in [6.07, 6.45) is 2.98. The van der Waals surface area contributed by atoms with Crippen molar-refractivity contribution in [1.82, 2.24) is 20.4 Å². The van der Waals surface area contributed by atoms with Crippen LogP contribution in [-0.2, 0) is 9.59 Å². The molecule has 0 spiro atoms. The Kier molecular flexibility index (Phi) is 3.55. The topological polar surface area (TPSA) is 81.8 Å². The minimum absolute atomic E-state index is 0.0314. The summed E-state index contributed by atoms with van der Waals surface area (Å²) in [7, 11) is 0. The van der Waals surface area contributed by atoms with E-state index < -0.39 is 6.04 Å². The van der Waals surface area contributed by atoms with E-state index >= 15 is 0 Å². The van der Waals surface area contributed by atoms with Crippen LogP contribution < -0.4 is 10.6 Å². The quantitative estimate of drug-likeness (QED) is 0.710. The summed E-state index contributed by atoms with van der Waals surface area (Å²) in [6.45, 7) is 4.34. The van der Waals surface area contributed by atoms with E-state index in [1.54, 1.807) is 0 Å². The zero-order valence-corrected chi connectivity index (χ0v) is 13.5. The predicted molar refractivity (Wildman–Crippen MR) is 82.4 cm³/mol. The minimum atomic E-state index is -0.681. The van der Waals surface area contributed by atoms with E-state index in [-0.39, 0.29) is 24.3 Å². The summed E-state index contributed by atoms with van der Waals surface area (Å²) in [5, 5.41) is 6.11. The van der Waals surface area contributed by atoms with Gasteiger partial charge in [0.05, 0.1) is 6.42 Å². The zero-order valence-electron chi connectivity index (χ0n) is 13.5. The summed E-state index contributed by atoms with van der Waals surface area (Å²) in [5.74, 6) is 0.925. The monoisotopic (exact) mass is 320 g/mol. The molecule has 4 aliphatic rings. The Labute approximate surface area is 135 Å². The third-order valence-electron chi connectivity index (χ3n) is 5.99. The molecule has 4 rings (SSSR count). The highest BCUT2D eigenvalue weighted by Gasteiger charge is 2.56. The van der Waals surface area contributed by atoms with Crippen LogP contribution in [0.15, 0.2) is 0 Å². The van der Waals surface area contributed by atoms with E-state index in [1.165, 1.54) is 4.90 Å². The maximum atomic E-state index is 12.8. The fraction of sp³-hybridized carbons (Fsp3) is 0.812. The van der Waals surface area contributed by atoms with Gasteiger partial charge in [0.1, 0.15) is 6.04 Å². The Bertz CT molecular complexity index is 533. The third kappa shape index (κ3) is 2.16. The average molecular weight is 320 g/mol. The lowest BCUT2D eigenvalue weighted by Gasteiger charge is -2.25. The standard InChI is InChI=1S/C16H24N4O3/c1-2-5-19-15(22)11(18-16(19)23)6-14(21)20-12-3-4-13(20)10-8-17-7-9(10)12/h9-13,17H,2-8H2,1H3,(H,18,23)/t9-,10+,11?,12-,13+. The van der Waals surface area contributed by atoms with Crippen molar-refractivity contribution in [3.63, 3.8) is 0 Å². The largest absolute Gasteiger partial charge is 0.336 e. The predicted octanol–water partition coefficient (Wildman–Crippen LogP) is -0.0843. The molecule has 2 bridgehead atoms. The molecule has 0 saturated carbocycles. The number of fused-ring (bicyclic) bond motifs is 5. The van der Waals surface area contributed by atoms with Gasteiger partial charge in [0.25, 0.3) is 5.91 Å². The van der Waals surface area contributed by atoms with Crippen LogP contribution in [0.4, 0.5) is 4.79 Å². The van der Waals surface area contributed by atoms with Crippen LogP contribution in [0.25, 0.3) is 0 Å². The van der Waals surface area contributed by atoms with Gasteiger partial charge in [-0.3, -0.25) is 14.5 Å². The first-order chi connectivity index (χ1) is 11.1. The lowest BCUT2D eigenvalue weighted by Crippen LogP contribution is -2.43. The molecule has 0 radical (unpaired) electrons. The van der Waals surface area contributed by atoms with Crippen LogP contribution in [0.1, 0.15) is 32.6 Å². The molecule has 4 saturated heterocycles. The Morgan fingerprint density at radius 2 is 1.83 bits per heavy atom. The number of urea groups is 1. The third-order valence-corrected chi connectivity index (χ3v) is 5.99. The molecule has 7 nitrogen and oxygen atoms in total. The second-order valence-electron chi connectivity index (χ2n) is 7.20. The molecule has 0 aromatic heterocycles. The van der Waals surface area contributed by atoms with Crippen molar-refractivity contribution in [2.24, 2.45) is 11.8 Å². The van der Waals surface area contributed by atoms with Crippen molar-refractivity contribution in [3.8, 4) is 0 Å². The molecule has 23 heavy (non-hydrogen) atoms. The molecule has 4 fully saturated rings. The second kappa shape index (κ2) is 5.47. The number of rotatable bonds is 4. The van der Waals surface area contributed by atoms with Crippen LogP contribution >= 0.6 is 0 Å². The number of hydrogen-bond donors (Lipinski definition) is 2. The fourth-order valence-electron chi connectivity index (χ4n) is 5.07. The highest BCUT2D eigenvalue weighted by molar-refractivity contribution is 6.05. The lowest BCUT2D eigenvalue weighted by atomic mass is 9.82. The number of carbonyl (C=O) groups is 3. The van der Waals surface area contributed by atoms with Crippen LogP contribution in [0, 0.1) is 11.8 Å². The molecule has 1 unspecified atom stereocenters. The molecular weight excluding hydrogens is 296 g/mol. The molecule has 7 heteroatoms. The molecule has 5 atom stereocenters. The number of nitrogens with one attached hydrogen (secondary N) is 2. The number of nitrogens with zero attached hydrogens (tertiary/aromatic N) is 2. The molecular formula is C16H24N4O3. The van der Waals surface area contributed by atoms with Crippen LogP contribution in [0.3, 0.4) is 0 Å². The molecule has 0 aromatic rings. The molecule has 2 N–H and O–H groups in total. The molecule has 126 valence electrons. The zero-order chi connectivity index (χ0) is 16.1. The van der Waals surface area contributed by atoms with Crippen LogP contribution in [0.2, 0.25) is 0 Å². The van der Waals surface area contributed by atoms with Crippen LogP contribution in [0.5, 0.6) is 0 Å². The average Bonchev–Trinajstić information content (AvgIpc) is 3.24. The fourth-order valence-corrected chi connectivity index (χ4v) is 5.07. The number of carbonyl (C=O) groups excluding carboxylic acids is 3. The van der Waals surface area contributed by atoms with Gasteiger partial charge in [0.2, 0.25) is 5.91 Å².